The minimum absolute atomic E-state index is 0.139. The molecule has 0 aromatic heterocycles. The standard InChI is InChI=1S/C15H17F3N2O/c16-10-4-12(17)14(13(18)5-10)15(21)20-6-8-1-2-11(19)3-9(8)7-20/h4-5,8-9,11H,1-3,6-7,19H2/t8-,9+,11?/m1/s1. The molecule has 1 heterocycles. The van der Waals surface area contributed by atoms with E-state index >= 15 is 0 Å². The third kappa shape index (κ3) is 2.64. The lowest BCUT2D eigenvalue weighted by Gasteiger charge is -2.27. The molecule has 6 heteroatoms. The summed E-state index contributed by atoms with van der Waals surface area (Å²) in [6.07, 6.45) is 2.69. The van der Waals surface area contributed by atoms with E-state index < -0.39 is 28.9 Å². The Bertz CT molecular complexity index is 555. The Morgan fingerprint density at radius 2 is 1.71 bits per heavy atom. The van der Waals surface area contributed by atoms with E-state index in [2.05, 4.69) is 0 Å². The van der Waals surface area contributed by atoms with Gasteiger partial charge in [-0.1, -0.05) is 0 Å². The van der Waals surface area contributed by atoms with Gasteiger partial charge < -0.3 is 10.6 Å². The van der Waals surface area contributed by atoms with Gasteiger partial charge in [-0.05, 0) is 31.1 Å². The minimum atomic E-state index is -1.15. The lowest BCUT2D eigenvalue weighted by Crippen LogP contribution is -2.32. The SMILES string of the molecule is NC1CC[C@@H]2CN(C(=O)c3c(F)cc(F)cc3F)C[C@@H]2C1. The summed E-state index contributed by atoms with van der Waals surface area (Å²) >= 11 is 0. The van der Waals surface area contributed by atoms with Gasteiger partial charge in [-0.3, -0.25) is 4.79 Å². The van der Waals surface area contributed by atoms with Crippen molar-refractivity contribution < 1.29 is 18.0 Å². The Balaban J connectivity index is 1.81. The predicted molar refractivity (Wildman–Crippen MR) is 71.0 cm³/mol. The molecule has 3 nitrogen and oxygen atoms in total. The molecule has 1 amide bonds. The van der Waals surface area contributed by atoms with E-state index in [4.69, 9.17) is 5.73 Å². The Labute approximate surface area is 120 Å². The van der Waals surface area contributed by atoms with E-state index in [-0.39, 0.29) is 6.04 Å². The summed E-state index contributed by atoms with van der Waals surface area (Å²) in [6.45, 7) is 0.958. The summed E-state index contributed by atoms with van der Waals surface area (Å²) in [5.74, 6) is -3.38. The number of hydrogen-bond acceptors (Lipinski definition) is 2. The highest BCUT2D eigenvalue weighted by Crippen LogP contribution is 2.36. The third-order valence-electron chi connectivity index (χ3n) is 4.60. The van der Waals surface area contributed by atoms with E-state index in [9.17, 15) is 18.0 Å². The van der Waals surface area contributed by atoms with Crippen LogP contribution < -0.4 is 5.73 Å². The highest BCUT2D eigenvalue weighted by molar-refractivity contribution is 5.95. The first-order valence-corrected chi connectivity index (χ1v) is 7.15. The lowest BCUT2D eigenvalue weighted by molar-refractivity contribution is 0.0774. The number of rotatable bonds is 1. The Hall–Kier alpha value is -1.56. The van der Waals surface area contributed by atoms with Crippen LogP contribution in [0.2, 0.25) is 0 Å². The van der Waals surface area contributed by atoms with Crippen LogP contribution in [0.5, 0.6) is 0 Å². The molecule has 3 atom stereocenters. The fourth-order valence-electron chi connectivity index (χ4n) is 3.54. The van der Waals surface area contributed by atoms with Crippen molar-refractivity contribution >= 4 is 5.91 Å². The van der Waals surface area contributed by atoms with E-state index in [0.717, 1.165) is 19.3 Å². The lowest BCUT2D eigenvalue weighted by atomic mass is 9.79. The largest absolute Gasteiger partial charge is 0.338 e. The number of hydrogen-bond donors (Lipinski definition) is 1. The number of carbonyl (C=O) groups is 1. The van der Waals surface area contributed by atoms with Crippen LogP contribution in [0.25, 0.3) is 0 Å². The molecule has 1 saturated carbocycles. The topological polar surface area (TPSA) is 46.3 Å². The number of nitrogens with zero attached hydrogens (tertiary/aromatic N) is 1. The van der Waals surface area contributed by atoms with Gasteiger partial charge in [0.1, 0.15) is 23.0 Å². The fraction of sp³-hybridized carbons (Fsp3) is 0.533. The summed E-state index contributed by atoms with van der Waals surface area (Å²) in [6, 6.07) is 1.21. The molecule has 1 aliphatic heterocycles. The normalized spacial score (nSPS) is 28.6. The average Bonchev–Trinajstić information content (AvgIpc) is 2.80. The van der Waals surface area contributed by atoms with Crippen molar-refractivity contribution in [3.63, 3.8) is 0 Å². The number of fused-ring (bicyclic) bond motifs is 1. The van der Waals surface area contributed by atoms with Crippen molar-refractivity contribution in [2.24, 2.45) is 17.6 Å². The molecule has 0 bridgehead atoms. The van der Waals surface area contributed by atoms with Gasteiger partial charge in [-0.15, -0.1) is 0 Å². The number of nitrogens with two attached hydrogens (primary N) is 1. The van der Waals surface area contributed by atoms with E-state index in [1.807, 2.05) is 0 Å². The van der Waals surface area contributed by atoms with Crippen molar-refractivity contribution in [1.82, 2.24) is 4.90 Å². The second kappa shape index (κ2) is 5.33. The molecule has 1 saturated heterocycles. The fourth-order valence-corrected chi connectivity index (χ4v) is 3.54. The average molecular weight is 298 g/mol. The maximum Gasteiger partial charge on any atom is 0.259 e. The molecule has 1 aromatic rings. The first kappa shape index (κ1) is 14.4. The van der Waals surface area contributed by atoms with Crippen molar-refractivity contribution in [3.05, 3.63) is 35.1 Å². The molecule has 2 N–H and O–H groups in total. The van der Waals surface area contributed by atoms with Crippen molar-refractivity contribution in [1.29, 1.82) is 0 Å². The van der Waals surface area contributed by atoms with E-state index in [1.165, 1.54) is 4.90 Å². The van der Waals surface area contributed by atoms with E-state index in [0.29, 0.717) is 37.1 Å². The van der Waals surface area contributed by atoms with Gasteiger partial charge in [-0.25, -0.2) is 13.2 Å². The van der Waals surface area contributed by atoms with Crippen LogP contribution in [0.3, 0.4) is 0 Å². The van der Waals surface area contributed by atoms with Gasteiger partial charge in [0.25, 0.3) is 5.91 Å². The first-order valence-electron chi connectivity index (χ1n) is 7.15. The van der Waals surface area contributed by atoms with Gasteiger partial charge in [0.15, 0.2) is 0 Å². The van der Waals surface area contributed by atoms with Gasteiger partial charge in [-0.2, -0.15) is 0 Å². The number of amides is 1. The molecular formula is C15H17F3N2O. The van der Waals surface area contributed by atoms with E-state index in [1.54, 1.807) is 0 Å². The molecule has 1 aromatic carbocycles. The van der Waals surface area contributed by atoms with Crippen LogP contribution in [0.4, 0.5) is 13.2 Å². The van der Waals surface area contributed by atoms with Gasteiger partial charge in [0.05, 0.1) is 0 Å². The Morgan fingerprint density at radius 1 is 1.10 bits per heavy atom. The summed E-state index contributed by atoms with van der Waals surface area (Å²) in [5.41, 5.74) is 5.26. The van der Waals surface area contributed by atoms with Crippen LogP contribution in [-0.2, 0) is 0 Å². The monoisotopic (exact) mass is 298 g/mol. The molecule has 21 heavy (non-hydrogen) atoms. The first-order chi connectivity index (χ1) is 9.95. The maximum absolute atomic E-state index is 13.7. The van der Waals surface area contributed by atoms with Gasteiger partial charge in [0.2, 0.25) is 0 Å². The van der Waals surface area contributed by atoms with Crippen LogP contribution in [0.1, 0.15) is 29.6 Å². The highest BCUT2D eigenvalue weighted by Gasteiger charge is 2.39. The van der Waals surface area contributed by atoms with Crippen LogP contribution in [0, 0.1) is 29.3 Å². The second-order valence-electron chi connectivity index (χ2n) is 6.05. The minimum Gasteiger partial charge on any atom is -0.338 e. The van der Waals surface area contributed by atoms with Crippen LogP contribution in [0.15, 0.2) is 12.1 Å². The van der Waals surface area contributed by atoms with Crippen LogP contribution >= 0.6 is 0 Å². The third-order valence-corrected chi connectivity index (χ3v) is 4.60. The Kier molecular flexibility index (Phi) is 3.65. The zero-order chi connectivity index (χ0) is 15.1. The number of benzene rings is 1. The number of likely N-dealkylation sites (tertiary alicyclic amines) is 1. The Morgan fingerprint density at radius 3 is 2.38 bits per heavy atom. The number of halogens is 3. The molecule has 0 radical (unpaired) electrons. The maximum atomic E-state index is 13.7. The van der Waals surface area contributed by atoms with Crippen molar-refractivity contribution in [2.45, 2.75) is 25.3 Å². The molecular weight excluding hydrogens is 281 g/mol. The van der Waals surface area contributed by atoms with Gasteiger partial charge >= 0.3 is 0 Å². The van der Waals surface area contributed by atoms with Gasteiger partial charge in [0, 0.05) is 31.3 Å². The second-order valence-corrected chi connectivity index (χ2v) is 6.05. The van der Waals surface area contributed by atoms with Crippen molar-refractivity contribution in [2.75, 3.05) is 13.1 Å². The quantitative estimate of drug-likeness (QED) is 0.865. The molecule has 2 fully saturated rings. The molecule has 114 valence electrons. The molecule has 2 aliphatic rings. The predicted octanol–water partition coefficient (Wildman–Crippen LogP) is 2.30. The zero-order valence-electron chi connectivity index (χ0n) is 11.5. The summed E-state index contributed by atoms with van der Waals surface area (Å²) in [7, 11) is 0. The molecule has 1 aliphatic carbocycles. The van der Waals surface area contributed by atoms with Crippen molar-refractivity contribution in [3.8, 4) is 0 Å². The number of carbonyl (C=O) groups excluding carboxylic acids is 1. The molecule has 0 spiro atoms. The molecule has 3 rings (SSSR count). The molecule has 1 unspecified atom stereocenters. The smallest absolute Gasteiger partial charge is 0.259 e. The summed E-state index contributed by atoms with van der Waals surface area (Å²) in [4.78, 5) is 13.8. The zero-order valence-corrected chi connectivity index (χ0v) is 11.5. The summed E-state index contributed by atoms with van der Waals surface area (Å²) in [5, 5.41) is 0. The van der Waals surface area contributed by atoms with Crippen LogP contribution in [-0.4, -0.2) is 29.9 Å². The summed E-state index contributed by atoms with van der Waals surface area (Å²) < 4.78 is 40.3. The highest BCUT2D eigenvalue weighted by atomic mass is 19.1.